The monoisotopic (exact) mass is 356 g/mol. The molecule has 0 aliphatic heterocycles. The minimum absolute atomic E-state index is 0.0165. The molecule has 0 spiro atoms. The fourth-order valence-electron chi connectivity index (χ4n) is 3.00. The number of carbonyl (C=O) groups excluding carboxylic acids is 2. The molecule has 138 valence electrons. The lowest BCUT2D eigenvalue weighted by molar-refractivity contribution is -0.121. The molecule has 5 heteroatoms. The minimum atomic E-state index is -0.388. The van der Waals surface area contributed by atoms with E-state index in [4.69, 9.17) is 0 Å². The van der Waals surface area contributed by atoms with Crippen molar-refractivity contribution >= 4 is 17.5 Å². The zero-order valence-corrected chi connectivity index (χ0v) is 15.5. The Bertz CT molecular complexity index is 789. The Labute approximate surface area is 154 Å². The van der Waals surface area contributed by atoms with E-state index < -0.39 is 0 Å². The second-order valence-corrected chi connectivity index (χ2v) is 6.22. The lowest BCUT2D eigenvalue weighted by atomic mass is 10.0. The van der Waals surface area contributed by atoms with Crippen LogP contribution in [0, 0.1) is 12.7 Å². The molecule has 0 atom stereocenters. The minimum Gasteiger partial charge on any atom is -0.354 e. The van der Waals surface area contributed by atoms with Gasteiger partial charge in [0.05, 0.1) is 6.42 Å². The van der Waals surface area contributed by atoms with Crippen molar-refractivity contribution in [3.05, 3.63) is 65.0 Å². The normalized spacial score (nSPS) is 10.5. The second-order valence-electron chi connectivity index (χ2n) is 6.22. The quantitative estimate of drug-likeness (QED) is 0.826. The largest absolute Gasteiger partial charge is 0.354 e. The summed E-state index contributed by atoms with van der Waals surface area (Å²) in [5.74, 6) is -0.725. The molecule has 0 aromatic heterocycles. The molecule has 0 heterocycles. The van der Waals surface area contributed by atoms with Crippen molar-refractivity contribution in [3.63, 3.8) is 0 Å². The maximum Gasteiger partial charge on any atom is 0.224 e. The van der Waals surface area contributed by atoms with Crippen LogP contribution >= 0.6 is 0 Å². The molecule has 2 aromatic carbocycles. The van der Waals surface area contributed by atoms with Crippen LogP contribution in [0.15, 0.2) is 42.5 Å². The lowest BCUT2D eigenvalue weighted by Gasteiger charge is -2.26. The van der Waals surface area contributed by atoms with Crippen molar-refractivity contribution in [1.29, 1.82) is 0 Å². The van der Waals surface area contributed by atoms with Gasteiger partial charge in [-0.3, -0.25) is 9.59 Å². The summed E-state index contributed by atoms with van der Waals surface area (Å²) in [7, 11) is 0. The molecule has 0 fully saturated rings. The SMILES string of the molecule is CCc1cccc(C)c1N(CCNC(=O)Cc1ccccc1F)C(C)=O. The Balaban J connectivity index is 2.01. The van der Waals surface area contributed by atoms with Gasteiger partial charge in [0.25, 0.3) is 0 Å². The molecule has 0 aliphatic rings. The highest BCUT2D eigenvalue weighted by Gasteiger charge is 2.17. The van der Waals surface area contributed by atoms with E-state index in [-0.39, 0.29) is 24.1 Å². The Morgan fingerprint density at radius 3 is 2.42 bits per heavy atom. The van der Waals surface area contributed by atoms with Gasteiger partial charge in [0.15, 0.2) is 0 Å². The highest BCUT2D eigenvalue weighted by molar-refractivity contribution is 5.93. The van der Waals surface area contributed by atoms with Crippen LogP contribution in [-0.2, 0) is 22.4 Å². The van der Waals surface area contributed by atoms with E-state index >= 15 is 0 Å². The zero-order chi connectivity index (χ0) is 19.1. The van der Waals surface area contributed by atoms with Gasteiger partial charge in [-0.25, -0.2) is 4.39 Å². The summed E-state index contributed by atoms with van der Waals surface area (Å²) in [5, 5.41) is 2.77. The Kier molecular flexibility index (Phi) is 6.89. The maximum absolute atomic E-state index is 13.6. The van der Waals surface area contributed by atoms with Crippen molar-refractivity contribution in [3.8, 4) is 0 Å². The summed E-state index contributed by atoms with van der Waals surface area (Å²) in [6, 6.07) is 12.2. The molecule has 2 aromatic rings. The van der Waals surface area contributed by atoms with Gasteiger partial charge >= 0.3 is 0 Å². The summed E-state index contributed by atoms with van der Waals surface area (Å²) < 4.78 is 13.6. The van der Waals surface area contributed by atoms with Gasteiger partial charge in [0.1, 0.15) is 5.82 Å². The third kappa shape index (κ3) is 4.91. The van der Waals surface area contributed by atoms with Crippen molar-refractivity contribution < 1.29 is 14.0 Å². The van der Waals surface area contributed by atoms with Gasteiger partial charge in [-0.05, 0) is 36.1 Å². The smallest absolute Gasteiger partial charge is 0.224 e. The molecule has 0 saturated heterocycles. The van der Waals surface area contributed by atoms with Crippen LogP contribution in [0.25, 0.3) is 0 Å². The average Bonchev–Trinajstić information content (AvgIpc) is 2.61. The summed E-state index contributed by atoms with van der Waals surface area (Å²) in [4.78, 5) is 25.9. The highest BCUT2D eigenvalue weighted by Crippen LogP contribution is 2.25. The highest BCUT2D eigenvalue weighted by atomic mass is 19.1. The first-order chi connectivity index (χ1) is 12.4. The van der Waals surface area contributed by atoms with Crippen LogP contribution in [-0.4, -0.2) is 24.9 Å². The number of hydrogen-bond donors (Lipinski definition) is 1. The Morgan fingerprint density at radius 1 is 1.08 bits per heavy atom. The number of amides is 2. The molecule has 0 bridgehead atoms. The van der Waals surface area contributed by atoms with Crippen molar-refractivity contribution in [2.45, 2.75) is 33.6 Å². The molecule has 2 rings (SSSR count). The fraction of sp³-hybridized carbons (Fsp3) is 0.333. The predicted octanol–water partition coefficient (Wildman–Crippen LogP) is 3.41. The number of carbonyl (C=O) groups is 2. The van der Waals surface area contributed by atoms with Crippen molar-refractivity contribution in [2.75, 3.05) is 18.0 Å². The number of para-hydroxylation sites is 1. The van der Waals surface area contributed by atoms with Gasteiger partial charge in [0.2, 0.25) is 11.8 Å². The number of rotatable bonds is 7. The number of anilines is 1. The third-order valence-corrected chi connectivity index (χ3v) is 4.32. The van der Waals surface area contributed by atoms with E-state index in [1.165, 1.54) is 13.0 Å². The molecule has 2 amide bonds. The summed E-state index contributed by atoms with van der Waals surface area (Å²) in [6.07, 6.45) is 0.803. The van der Waals surface area contributed by atoms with E-state index in [1.54, 1.807) is 23.1 Å². The molecular weight excluding hydrogens is 331 g/mol. The molecule has 0 unspecified atom stereocenters. The van der Waals surface area contributed by atoms with Crippen LogP contribution in [0.4, 0.5) is 10.1 Å². The van der Waals surface area contributed by atoms with Crippen LogP contribution < -0.4 is 10.2 Å². The van der Waals surface area contributed by atoms with Gasteiger partial charge in [0, 0.05) is 25.7 Å². The van der Waals surface area contributed by atoms with E-state index in [2.05, 4.69) is 5.32 Å². The van der Waals surface area contributed by atoms with E-state index in [9.17, 15) is 14.0 Å². The summed E-state index contributed by atoms with van der Waals surface area (Å²) >= 11 is 0. The Morgan fingerprint density at radius 2 is 1.77 bits per heavy atom. The van der Waals surface area contributed by atoms with Gasteiger partial charge in [-0.1, -0.05) is 43.3 Å². The van der Waals surface area contributed by atoms with Crippen LogP contribution in [0.3, 0.4) is 0 Å². The summed E-state index contributed by atoms with van der Waals surface area (Å²) in [6.45, 7) is 6.22. The molecule has 1 N–H and O–H groups in total. The second kappa shape index (κ2) is 9.13. The molecule has 4 nitrogen and oxygen atoms in total. The maximum atomic E-state index is 13.6. The standard InChI is InChI=1S/C21H25FN2O2/c1-4-17-10-7-8-15(2)21(17)24(16(3)25)13-12-23-20(26)14-18-9-5-6-11-19(18)22/h5-11H,4,12-14H2,1-3H3,(H,23,26). The van der Waals surface area contributed by atoms with Crippen LogP contribution in [0.2, 0.25) is 0 Å². The number of aryl methyl sites for hydroxylation is 2. The molecular formula is C21H25FN2O2. The lowest BCUT2D eigenvalue weighted by Crippen LogP contribution is -2.38. The van der Waals surface area contributed by atoms with Gasteiger partial charge in [-0.15, -0.1) is 0 Å². The molecule has 0 radical (unpaired) electrons. The number of nitrogens with zero attached hydrogens (tertiary/aromatic N) is 1. The third-order valence-electron chi connectivity index (χ3n) is 4.32. The Hall–Kier alpha value is -2.69. The molecule has 0 saturated carbocycles. The van der Waals surface area contributed by atoms with Crippen molar-refractivity contribution in [1.82, 2.24) is 5.32 Å². The zero-order valence-electron chi connectivity index (χ0n) is 15.5. The van der Waals surface area contributed by atoms with E-state index in [1.807, 2.05) is 32.0 Å². The first kappa shape index (κ1) is 19.6. The van der Waals surface area contributed by atoms with E-state index in [0.717, 1.165) is 23.2 Å². The van der Waals surface area contributed by atoms with Gasteiger partial charge in [-0.2, -0.15) is 0 Å². The first-order valence-electron chi connectivity index (χ1n) is 8.80. The van der Waals surface area contributed by atoms with Crippen LogP contribution in [0.1, 0.15) is 30.5 Å². The van der Waals surface area contributed by atoms with Crippen molar-refractivity contribution in [2.24, 2.45) is 0 Å². The fourth-order valence-corrected chi connectivity index (χ4v) is 3.00. The van der Waals surface area contributed by atoms with Gasteiger partial charge < -0.3 is 10.2 Å². The number of hydrogen-bond acceptors (Lipinski definition) is 2. The first-order valence-corrected chi connectivity index (χ1v) is 8.80. The van der Waals surface area contributed by atoms with Crippen LogP contribution in [0.5, 0.6) is 0 Å². The number of nitrogens with one attached hydrogen (secondary N) is 1. The number of halogens is 1. The number of benzene rings is 2. The molecule has 26 heavy (non-hydrogen) atoms. The average molecular weight is 356 g/mol. The topological polar surface area (TPSA) is 49.4 Å². The summed E-state index contributed by atoms with van der Waals surface area (Å²) in [5.41, 5.74) is 3.39. The predicted molar refractivity (Wildman–Crippen MR) is 102 cm³/mol. The van der Waals surface area contributed by atoms with E-state index in [0.29, 0.717) is 18.7 Å². The molecule has 0 aliphatic carbocycles.